The average molecular weight is 211 g/mol. The summed E-state index contributed by atoms with van der Waals surface area (Å²) < 4.78 is 17.6. The molecule has 1 rings (SSSR count). The first-order chi connectivity index (χ1) is 6.87. The van der Waals surface area contributed by atoms with Crippen molar-refractivity contribution in [3.05, 3.63) is 29.8 Å². The number of ether oxygens (including phenoxy) is 1. The van der Waals surface area contributed by atoms with Crippen LogP contribution in [0.4, 0.5) is 4.39 Å². The second-order valence-corrected chi connectivity index (χ2v) is 4.25. The smallest absolute Gasteiger partial charge is 0.310 e. The van der Waals surface area contributed by atoms with Crippen molar-refractivity contribution in [1.82, 2.24) is 4.98 Å². The van der Waals surface area contributed by atoms with Gasteiger partial charge in [0.15, 0.2) is 0 Å². The normalized spacial score (nSPS) is 11.2. The summed E-state index contributed by atoms with van der Waals surface area (Å²) in [6.07, 6.45) is 1.45. The SMILES string of the molecule is CC(C)(C)OC(=O)Cc1ccc(F)nc1. The molecule has 0 fully saturated rings. The number of rotatable bonds is 2. The molecule has 0 spiro atoms. The summed E-state index contributed by atoms with van der Waals surface area (Å²) in [5.74, 6) is -0.890. The number of hydrogen-bond acceptors (Lipinski definition) is 3. The van der Waals surface area contributed by atoms with Crippen LogP contribution in [0.15, 0.2) is 18.3 Å². The van der Waals surface area contributed by atoms with Gasteiger partial charge in [0.2, 0.25) is 5.95 Å². The second kappa shape index (κ2) is 4.38. The fourth-order valence-electron chi connectivity index (χ4n) is 1.06. The van der Waals surface area contributed by atoms with Crippen molar-refractivity contribution in [3.63, 3.8) is 0 Å². The fraction of sp³-hybridized carbons (Fsp3) is 0.455. The van der Waals surface area contributed by atoms with E-state index in [4.69, 9.17) is 4.74 Å². The van der Waals surface area contributed by atoms with E-state index in [0.29, 0.717) is 5.56 Å². The van der Waals surface area contributed by atoms with Crippen molar-refractivity contribution in [2.75, 3.05) is 0 Å². The highest BCUT2D eigenvalue weighted by Gasteiger charge is 2.16. The van der Waals surface area contributed by atoms with Gasteiger partial charge in [-0.15, -0.1) is 0 Å². The van der Waals surface area contributed by atoms with Crippen molar-refractivity contribution < 1.29 is 13.9 Å². The van der Waals surface area contributed by atoms with Gasteiger partial charge in [0.05, 0.1) is 6.42 Å². The van der Waals surface area contributed by atoms with Gasteiger partial charge >= 0.3 is 5.97 Å². The molecule has 4 heteroatoms. The van der Waals surface area contributed by atoms with E-state index in [1.54, 1.807) is 20.8 Å². The summed E-state index contributed by atoms with van der Waals surface area (Å²) in [5.41, 5.74) is 0.149. The first-order valence-electron chi connectivity index (χ1n) is 4.69. The van der Waals surface area contributed by atoms with Gasteiger partial charge in [0.25, 0.3) is 0 Å². The molecule has 0 N–H and O–H groups in total. The molecule has 0 aliphatic heterocycles. The van der Waals surface area contributed by atoms with E-state index >= 15 is 0 Å². The molecule has 0 atom stereocenters. The van der Waals surface area contributed by atoms with Crippen LogP contribution in [0, 0.1) is 5.95 Å². The number of hydrogen-bond donors (Lipinski definition) is 0. The molecule has 15 heavy (non-hydrogen) atoms. The maximum Gasteiger partial charge on any atom is 0.310 e. The summed E-state index contributed by atoms with van der Waals surface area (Å²) in [5, 5.41) is 0. The minimum atomic E-state index is -0.553. The van der Waals surface area contributed by atoms with Crippen LogP contribution >= 0.6 is 0 Å². The number of nitrogens with zero attached hydrogens (tertiary/aromatic N) is 1. The molecule has 82 valence electrons. The molecule has 0 bridgehead atoms. The Hall–Kier alpha value is -1.45. The van der Waals surface area contributed by atoms with Crippen molar-refractivity contribution in [2.45, 2.75) is 32.8 Å². The third kappa shape index (κ3) is 4.54. The van der Waals surface area contributed by atoms with E-state index in [9.17, 15) is 9.18 Å². The molecule has 0 amide bonds. The van der Waals surface area contributed by atoms with Gasteiger partial charge in [-0.1, -0.05) is 6.07 Å². The Balaban J connectivity index is 2.55. The van der Waals surface area contributed by atoms with E-state index in [-0.39, 0.29) is 12.4 Å². The molecule has 0 saturated heterocycles. The van der Waals surface area contributed by atoms with Gasteiger partial charge in [-0.2, -0.15) is 4.39 Å². The third-order valence-corrected chi connectivity index (χ3v) is 1.56. The average Bonchev–Trinajstić information content (AvgIpc) is 2.05. The first-order valence-corrected chi connectivity index (χ1v) is 4.69. The number of carbonyl (C=O) groups excluding carboxylic acids is 1. The van der Waals surface area contributed by atoms with Crippen molar-refractivity contribution in [1.29, 1.82) is 0 Å². The lowest BCUT2D eigenvalue weighted by molar-refractivity contribution is -0.153. The van der Waals surface area contributed by atoms with Crippen LogP contribution in [0.5, 0.6) is 0 Å². The number of aromatic nitrogens is 1. The number of pyridine rings is 1. The Kier molecular flexibility index (Phi) is 3.39. The monoisotopic (exact) mass is 211 g/mol. The Morgan fingerprint density at radius 2 is 2.13 bits per heavy atom. The minimum Gasteiger partial charge on any atom is -0.460 e. The number of carbonyl (C=O) groups is 1. The largest absolute Gasteiger partial charge is 0.460 e. The lowest BCUT2D eigenvalue weighted by Crippen LogP contribution is -2.24. The summed E-state index contributed by atoms with van der Waals surface area (Å²) in [7, 11) is 0. The summed E-state index contributed by atoms with van der Waals surface area (Å²) in [6, 6.07) is 2.74. The summed E-state index contributed by atoms with van der Waals surface area (Å²) >= 11 is 0. The van der Waals surface area contributed by atoms with Crippen LogP contribution < -0.4 is 0 Å². The van der Waals surface area contributed by atoms with Crippen molar-refractivity contribution >= 4 is 5.97 Å². The van der Waals surface area contributed by atoms with Crippen molar-refractivity contribution in [2.24, 2.45) is 0 Å². The van der Waals surface area contributed by atoms with Gasteiger partial charge in [-0.25, -0.2) is 4.98 Å². The van der Waals surface area contributed by atoms with Crippen LogP contribution in [-0.2, 0) is 16.0 Å². The topological polar surface area (TPSA) is 39.2 Å². The molecular weight excluding hydrogens is 197 g/mol. The Labute approximate surface area is 88.3 Å². The zero-order chi connectivity index (χ0) is 11.5. The van der Waals surface area contributed by atoms with Crippen LogP contribution in [0.25, 0.3) is 0 Å². The quantitative estimate of drug-likeness (QED) is 0.555. The predicted octanol–water partition coefficient (Wildman–Crippen LogP) is 2.10. The second-order valence-electron chi connectivity index (χ2n) is 4.25. The predicted molar refractivity (Wildman–Crippen MR) is 53.7 cm³/mol. The van der Waals surface area contributed by atoms with Gasteiger partial charge in [-0.05, 0) is 32.4 Å². The maximum absolute atomic E-state index is 12.5. The molecule has 1 aromatic heterocycles. The Morgan fingerprint density at radius 1 is 1.47 bits per heavy atom. The third-order valence-electron chi connectivity index (χ3n) is 1.56. The lowest BCUT2D eigenvalue weighted by Gasteiger charge is -2.19. The summed E-state index contributed by atoms with van der Waals surface area (Å²) in [6.45, 7) is 5.40. The maximum atomic E-state index is 12.5. The Bertz CT molecular complexity index is 341. The first kappa shape index (κ1) is 11.6. The molecule has 1 heterocycles. The molecule has 0 saturated carbocycles. The van der Waals surface area contributed by atoms with E-state index in [1.807, 2.05) is 0 Å². The van der Waals surface area contributed by atoms with E-state index in [0.717, 1.165) is 0 Å². The van der Waals surface area contributed by atoms with E-state index in [2.05, 4.69) is 4.98 Å². The minimum absolute atomic E-state index is 0.116. The van der Waals surface area contributed by atoms with Crippen LogP contribution in [0.2, 0.25) is 0 Å². The van der Waals surface area contributed by atoms with E-state index < -0.39 is 11.5 Å². The molecule has 0 aliphatic rings. The highest BCUT2D eigenvalue weighted by molar-refractivity contribution is 5.72. The van der Waals surface area contributed by atoms with E-state index in [1.165, 1.54) is 18.3 Å². The van der Waals surface area contributed by atoms with Crippen molar-refractivity contribution in [3.8, 4) is 0 Å². The molecule has 1 aromatic rings. The molecular formula is C11H14FNO2. The van der Waals surface area contributed by atoms with Gasteiger partial charge in [0, 0.05) is 6.20 Å². The van der Waals surface area contributed by atoms with Gasteiger partial charge < -0.3 is 4.74 Å². The molecule has 0 unspecified atom stereocenters. The fourth-order valence-corrected chi connectivity index (χ4v) is 1.06. The van der Waals surface area contributed by atoms with Crippen LogP contribution in [-0.4, -0.2) is 16.6 Å². The molecule has 3 nitrogen and oxygen atoms in total. The summed E-state index contributed by atoms with van der Waals surface area (Å²) in [4.78, 5) is 14.8. The zero-order valence-corrected chi connectivity index (χ0v) is 9.08. The van der Waals surface area contributed by atoms with Crippen LogP contribution in [0.1, 0.15) is 26.3 Å². The van der Waals surface area contributed by atoms with Crippen LogP contribution in [0.3, 0.4) is 0 Å². The van der Waals surface area contributed by atoms with Gasteiger partial charge in [-0.3, -0.25) is 4.79 Å². The molecule has 0 aliphatic carbocycles. The standard InChI is InChI=1S/C11H14FNO2/c1-11(2,3)15-10(14)6-8-4-5-9(12)13-7-8/h4-5,7H,6H2,1-3H3. The lowest BCUT2D eigenvalue weighted by atomic mass is 10.2. The molecule has 0 aromatic carbocycles. The molecule has 0 radical (unpaired) electrons. The number of esters is 1. The number of halogens is 1. The Morgan fingerprint density at radius 3 is 2.60 bits per heavy atom. The zero-order valence-electron chi connectivity index (χ0n) is 9.08. The van der Waals surface area contributed by atoms with Gasteiger partial charge in [0.1, 0.15) is 5.60 Å². The highest BCUT2D eigenvalue weighted by Crippen LogP contribution is 2.09. The highest BCUT2D eigenvalue weighted by atomic mass is 19.1.